The molecule has 38 heavy (non-hydrogen) atoms. The van der Waals surface area contributed by atoms with E-state index in [1.807, 2.05) is 53.4 Å². The minimum absolute atomic E-state index is 0.0290. The summed E-state index contributed by atoms with van der Waals surface area (Å²) in [6.45, 7) is 3.76. The van der Waals surface area contributed by atoms with Gasteiger partial charge in [-0.3, -0.25) is 9.69 Å². The maximum atomic E-state index is 13.1. The molecule has 10 nitrogen and oxygen atoms in total. The molecule has 1 heterocycles. The van der Waals surface area contributed by atoms with Crippen molar-refractivity contribution in [1.82, 2.24) is 9.80 Å². The molecule has 10 heteroatoms. The third kappa shape index (κ3) is 7.71. The molecule has 0 spiro atoms. The van der Waals surface area contributed by atoms with Gasteiger partial charge in [-0.15, -0.1) is 0 Å². The highest BCUT2D eigenvalue weighted by molar-refractivity contribution is 6.27. The number of hydrogen-bond acceptors (Lipinski definition) is 7. The summed E-state index contributed by atoms with van der Waals surface area (Å²) in [5.41, 5.74) is 1.72. The Morgan fingerprint density at radius 1 is 0.763 bits per heavy atom. The second-order valence-corrected chi connectivity index (χ2v) is 8.28. The second-order valence-electron chi connectivity index (χ2n) is 8.28. The van der Waals surface area contributed by atoms with Crippen LogP contribution >= 0.6 is 0 Å². The van der Waals surface area contributed by atoms with E-state index in [2.05, 4.69) is 17.0 Å². The van der Waals surface area contributed by atoms with Crippen molar-refractivity contribution < 1.29 is 38.8 Å². The van der Waals surface area contributed by atoms with Gasteiger partial charge in [-0.25, -0.2) is 9.59 Å². The first-order valence-corrected chi connectivity index (χ1v) is 11.8. The molecule has 0 bridgehead atoms. The zero-order valence-corrected chi connectivity index (χ0v) is 21.2. The van der Waals surface area contributed by atoms with E-state index in [9.17, 15) is 4.79 Å². The van der Waals surface area contributed by atoms with Crippen LogP contribution in [0.25, 0.3) is 0 Å². The lowest BCUT2D eigenvalue weighted by molar-refractivity contribution is -0.159. The number of ether oxygens (including phenoxy) is 3. The van der Waals surface area contributed by atoms with E-state index in [-0.39, 0.29) is 5.91 Å². The predicted molar refractivity (Wildman–Crippen MR) is 139 cm³/mol. The molecule has 1 saturated heterocycles. The number of para-hydroxylation sites is 2. The van der Waals surface area contributed by atoms with E-state index in [1.54, 1.807) is 26.4 Å². The van der Waals surface area contributed by atoms with Crippen LogP contribution in [-0.4, -0.2) is 78.3 Å². The molecule has 1 aliphatic rings. The van der Waals surface area contributed by atoms with Crippen LogP contribution in [0.2, 0.25) is 0 Å². The molecule has 1 aliphatic heterocycles. The maximum Gasteiger partial charge on any atom is 0.414 e. The summed E-state index contributed by atoms with van der Waals surface area (Å²) in [5.74, 6) is -0.978. The molecule has 200 valence electrons. The van der Waals surface area contributed by atoms with Gasteiger partial charge >= 0.3 is 11.9 Å². The predicted octanol–water partition coefficient (Wildman–Crippen LogP) is 3.61. The number of amides is 1. The molecule has 1 amide bonds. The van der Waals surface area contributed by atoms with Crippen LogP contribution < -0.4 is 14.2 Å². The summed E-state index contributed by atoms with van der Waals surface area (Å²) < 4.78 is 16.7. The van der Waals surface area contributed by atoms with Gasteiger partial charge in [0.2, 0.25) is 0 Å². The fraction of sp³-hybridized carbons (Fsp3) is 0.250. The van der Waals surface area contributed by atoms with E-state index >= 15 is 0 Å². The fourth-order valence-electron chi connectivity index (χ4n) is 3.93. The van der Waals surface area contributed by atoms with E-state index in [4.69, 9.17) is 34.0 Å². The molecule has 3 aromatic rings. The first kappa shape index (κ1) is 28.0. The van der Waals surface area contributed by atoms with Gasteiger partial charge < -0.3 is 29.3 Å². The molecule has 0 aromatic heterocycles. The van der Waals surface area contributed by atoms with Gasteiger partial charge in [-0.1, -0.05) is 36.4 Å². The van der Waals surface area contributed by atoms with Crippen molar-refractivity contribution in [2.45, 2.75) is 6.54 Å². The van der Waals surface area contributed by atoms with Crippen LogP contribution in [-0.2, 0) is 16.1 Å². The number of aliphatic carboxylic acids is 2. The highest BCUT2D eigenvalue weighted by Crippen LogP contribution is 2.31. The standard InChI is InChI=1S/C26H28N2O4.C2H2O4/c1-30-24-13-7-12-23(25(24)31-2)26(29)28-16-14-27(15-17-28)19-20-8-6-11-22(18-20)32-21-9-4-3-5-10-21;3-1(4)2(5)6/h3-13,18H,14-17,19H2,1-2H3;(H,3,4)(H,5,6). The van der Waals surface area contributed by atoms with Crippen molar-refractivity contribution in [3.63, 3.8) is 0 Å². The minimum Gasteiger partial charge on any atom is -0.493 e. The summed E-state index contributed by atoms with van der Waals surface area (Å²) in [7, 11) is 3.13. The zero-order valence-electron chi connectivity index (χ0n) is 21.2. The minimum atomic E-state index is -1.82. The van der Waals surface area contributed by atoms with Crippen LogP contribution in [0.5, 0.6) is 23.0 Å². The Balaban J connectivity index is 0.000000599. The van der Waals surface area contributed by atoms with Crippen LogP contribution in [0, 0.1) is 0 Å². The molecule has 4 rings (SSSR count). The Hall–Kier alpha value is -4.57. The smallest absolute Gasteiger partial charge is 0.414 e. The first-order chi connectivity index (χ1) is 18.3. The third-order valence-corrected chi connectivity index (χ3v) is 5.76. The topological polar surface area (TPSA) is 126 Å². The van der Waals surface area contributed by atoms with E-state index < -0.39 is 11.9 Å². The third-order valence-electron chi connectivity index (χ3n) is 5.76. The maximum absolute atomic E-state index is 13.1. The number of carbonyl (C=O) groups excluding carboxylic acids is 1. The lowest BCUT2D eigenvalue weighted by atomic mass is 10.1. The van der Waals surface area contributed by atoms with Gasteiger partial charge in [0.1, 0.15) is 11.5 Å². The fourth-order valence-corrected chi connectivity index (χ4v) is 3.93. The number of carboxylic acid groups (broad SMARTS) is 2. The number of benzene rings is 3. The zero-order chi connectivity index (χ0) is 27.5. The number of nitrogens with zero attached hydrogens (tertiary/aromatic N) is 2. The van der Waals surface area contributed by atoms with E-state index in [0.717, 1.165) is 31.1 Å². The van der Waals surface area contributed by atoms with Gasteiger partial charge in [0, 0.05) is 32.7 Å². The van der Waals surface area contributed by atoms with Gasteiger partial charge in [0.15, 0.2) is 11.5 Å². The van der Waals surface area contributed by atoms with Crippen molar-refractivity contribution in [2.75, 3.05) is 40.4 Å². The monoisotopic (exact) mass is 522 g/mol. The van der Waals surface area contributed by atoms with Crippen LogP contribution in [0.15, 0.2) is 72.8 Å². The van der Waals surface area contributed by atoms with Crippen LogP contribution in [0.1, 0.15) is 15.9 Å². The van der Waals surface area contributed by atoms with Crippen molar-refractivity contribution in [3.8, 4) is 23.0 Å². The number of carboxylic acids is 2. The molecular formula is C28H30N2O8. The summed E-state index contributed by atoms with van der Waals surface area (Å²) in [6, 6.07) is 23.3. The largest absolute Gasteiger partial charge is 0.493 e. The number of rotatable bonds is 7. The molecular weight excluding hydrogens is 492 g/mol. The molecule has 3 aromatic carbocycles. The molecule has 2 N–H and O–H groups in total. The van der Waals surface area contributed by atoms with Gasteiger partial charge in [-0.05, 0) is 42.0 Å². The molecule has 0 unspecified atom stereocenters. The summed E-state index contributed by atoms with van der Waals surface area (Å²) >= 11 is 0. The van der Waals surface area contributed by atoms with Crippen molar-refractivity contribution >= 4 is 17.8 Å². The van der Waals surface area contributed by atoms with Crippen molar-refractivity contribution in [3.05, 3.63) is 83.9 Å². The van der Waals surface area contributed by atoms with Gasteiger partial charge in [0.25, 0.3) is 5.91 Å². The van der Waals surface area contributed by atoms with Crippen molar-refractivity contribution in [2.24, 2.45) is 0 Å². The summed E-state index contributed by atoms with van der Waals surface area (Å²) in [5, 5.41) is 14.8. The van der Waals surface area contributed by atoms with Gasteiger partial charge in [0.05, 0.1) is 19.8 Å². The Morgan fingerprint density at radius 2 is 1.39 bits per heavy atom. The average molecular weight is 523 g/mol. The number of hydrogen-bond donors (Lipinski definition) is 2. The number of carbonyl (C=O) groups is 3. The Labute approximate surface area is 220 Å². The molecule has 0 radical (unpaired) electrons. The quantitative estimate of drug-likeness (QED) is 0.448. The lowest BCUT2D eigenvalue weighted by Gasteiger charge is -2.35. The number of piperazine rings is 1. The van der Waals surface area contributed by atoms with Crippen molar-refractivity contribution in [1.29, 1.82) is 0 Å². The second kappa shape index (κ2) is 13.7. The molecule has 1 fully saturated rings. The number of methoxy groups -OCH3 is 2. The Bertz CT molecular complexity index is 1230. The normalized spacial score (nSPS) is 13.1. The molecule has 0 saturated carbocycles. The Kier molecular flexibility index (Phi) is 10.1. The van der Waals surface area contributed by atoms with Crippen LogP contribution in [0.3, 0.4) is 0 Å². The summed E-state index contributed by atoms with van der Waals surface area (Å²) in [4.78, 5) is 35.5. The van der Waals surface area contributed by atoms with E-state index in [1.165, 1.54) is 5.56 Å². The summed E-state index contributed by atoms with van der Waals surface area (Å²) in [6.07, 6.45) is 0. The lowest BCUT2D eigenvalue weighted by Crippen LogP contribution is -2.48. The Morgan fingerprint density at radius 3 is 2.00 bits per heavy atom. The highest BCUT2D eigenvalue weighted by atomic mass is 16.5. The first-order valence-electron chi connectivity index (χ1n) is 11.8. The average Bonchev–Trinajstić information content (AvgIpc) is 2.93. The van der Waals surface area contributed by atoms with E-state index in [0.29, 0.717) is 30.2 Å². The molecule has 0 atom stereocenters. The van der Waals surface area contributed by atoms with Gasteiger partial charge in [-0.2, -0.15) is 0 Å². The SMILES string of the molecule is COc1cccc(C(=O)N2CCN(Cc3cccc(Oc4ccccc4)c3)CC2)c1OC.O=C(O)C(=O)O. The van der Waals surface area contributed by atoms with Crippen LogP contribution in [0.4, 0.5) is 0 Å². The highest BCUT2D eigenvalue weighted by Gasteiger charge is 2.25. The molecule has 0 aliphatic carbocycles.